The molecular weight excluding hydrogens is 299 g/mol. The van der Waals surface area contributed by atoms with Crippen LogP contribution in [0.15, 0.2) is 47.5 Å². The Bertz CT molecular complexity index is 701. The van der Waals surface area contributed by atoms with Crippen molar-refractivity contribution in [1.29, 1.82) is 0 Å². The minimum absolute atomic E-state index is 0.197. The van der Waals surface area contributed by atoms with Crippen LogP contribution in [0, 0.1) is 6.92 Å². The van der Waals surface area contributed by atoms with E-state index < -0.39 is 11.7 Å². The van der Waals surface area contributed by atoms with E-state index in [2.05, 4.69) is 4.99 Å². The molecule has 0 saturated carbocycles. The molecule has 0 N–H and O–H groups in total. The van der Waals surface area contributed by atoms with E-state index >= 15 is 0 Å². The summed E-state index contributed by atoms with van der Waals surface area (Å²) in [5.41, 5.74) is 2.09. The van der Waals surface area contributed by atoms with E-state index in [1.54, 1.807) is 43.3 Å². The first-order chi connectivity index (χ1) is 10.8. The first-order valence-corrected chi connectivity index (χ1v) is 7.64. The molecular formula is C19H20F3N. The molecule has 2 aromatic carbocycles. The van der Waals surface area contributed by atoms with Crippen LogP contribution in [0.1, 0.15) is 37.8 Å². The molecule has 2 aromatic rings. The van der Waals surface area contributed by atoms with Crippen LogP contribution in [0.25, 0.3) is 11.1 Å². The van der Waals surface area contributed by atoms with Crippen molar-refractivity contribution in [2.24, 2.45) is 4.99 Å². The van der Waals surface area contributed by atoms with Gasteiger partial charge in [-0.15, -0.1) is 0 Å². The quantitative estimate of drug-likeness (QED) is 0.565. The second-order valence-corrected chi connectivity index (χ2v) is 5.65. The molecule has 0 amide bonds. The molecule has 0 saturated heterocycles. The maximum Gasteiger partial charge on any atom is 0.417 e. The smallest absolute Gasteiger partial charge is 0.258 e. The Balaban J connectivity index is 2.62. The zero-order valence-corrected chi connectivity index (χ0v) is 13.5. The number of alkyl halides is 3. The fourth-order valence-corrected chi connectivity index (χ4v) is 2.53. The van der Waals surface area contributed by atoms with Crippen molar-refractivity contribution in [3.8, 4) is 11.1 Å². The second-order valence-electron chi connectivity index (χ2n) is 5.65. The van der Waals surface area contributed by atoms with E-state index in [1.165, 1.54) is 0 Å². The van der Waals surface area contributed by atoms with Gasteiger partial charge in [0.1, 0.15) is 0 Å². The van der Waals surface area contributed by atoms with Gasteiger partial charge in [-0.2, -0.15) is 13.2 Å². The third kappa shape index (κ3) is 4.21. The highest BCUT2D eigenvalue weighted by molar-refractivity contribution is 5.85. The van der Waals surface area contributed by atoms with Gasteiger partial charge in [0.25, 0.3) is 0 Å². The Kier molecular flexibility index (Phi) is 5.24. The summed E-state index contributed by atoms with van der Waals surface area (Å²) in [6.07, 6.45) is -2.72. The first kappa shape index (κ1) is 17.3. The largest absolute Gasteiger partial charge is 0.417 e. The van der Waals surface area contributed by atoms with Crippen LogP contribution in [-0.4, -0.2) is 5.71 Å². The normalized spacial score (nSPS) is 12.5. The minimum Gasteiger partial charge on any atom is -0.258 e. The summed E-state index contributed by atoms with van der Waals surface area (Å²) in [5, 5.41) is 0. The molecule has 0 heterocycles. The SMILES string of the molecule is CCCC(C)=Nc1cc(C(F)(F)F)c(-c2ccccc2)cc1C. The van der Waals surface area contributed by atoms with Crippen LogP contribution in [-0.2, 0) is 6.18 Å². The van der Waals surface area contributed by atoms with Gasteiger partial charge in [-0.05, 0) is 49.1 Å². The van der Waals surface area contributed by atoms with E-state index in [9.17, 15) is 13.2 Å². The molecule has 2 rings (SSSR count). The number of aliphatic imine (C=N–C) groups is 1. The van der Waals surface area contributed by atoms with Gasteiger partial charge in [0, 0.05) is 5.71 Å². The molecule has 122 valence electrons. The van der Waals surface area contributed by atoms with E-state index in [4.69, 9.17) is 0 Å². The van der Waals surface area contributed by atoms with Gasteiger partial charge in [-0.1, -0.05) is 43.7 Å². The van der Waals surface area contributed by atoms with Crippen LogP contribution in [0.5, 0.6) is 0 Å². The molecule has 0 aliphatic heterocycles. The fourth-order valence-electron chi connectivity index (χ4n) is 2.53. The summed E-state index contributed by atoms with van der Waals surface area (Å²) in [6.45, 7) is 5.66. The lowest BCUT2D eigenvalue weighted by Gasteiger charge is -2.16. The topological polar surface area (TPSA) is 12.4 Å². The number of rotatable bonds is 4. The second kappa shape index (κ2) is 6.99. The standard InChI is InChI=1S/C19H20F3N/c1-4-8-14(3)23-18-12-17(19(20,21)22)16(11-13(18)2)15-9-6-5-7-10-15/h5-7,9-12H,4,8H2,1-3H3. The average molecular weight is 319 g/mol. The number of benzene rings is 2. The van der Waals surface area contributed by atoms with E-state index in [1.807, 2.05) is 13.8 Å². The van der Waals surface area contributed by atoms with Crippen LogP contribution in [0.2, 0.25) is 0 Å². The van der Waals surface area contributed by atoms with Crippen LogP contribution >= 0.6 is 0 Å². The predicted octanol–water partition coefficient (Wildman–Crippen LogP) is 6.57. The summed E-state index contributed by atoms with van der Waals surface area (Å²) in [7, 11) is 0. The number of hydrogen-bond donors (Lipinski definition) is 0. The Hall–Kier alpha value is -2.10. The number of aryl methyl sites for hydroxylation is 1. The molecule has 0 aliphatic carbocycles. The molecule has 0 bridgehead atoms. The van der Waals surface area contributed by atoms with Crippen LogP contribution < -0.4 is 0 Å². The number of hydrogen-bond acceptors (Lipinski definition) is 1. The molecule has 0 aromatic heterocycles. The van der Waals surface area contributed by atoms with Gasteiger partial charge in [0.05, 0.1) is 11.3 Å². The summed E-state index contributed by atoms with van der Waals surface area (Å²) in [5.74, 6) is 0. The maximum absolute atomic E-state index is 13.5. The Morgan fingerprint density at radius 3 is 2.30 bits per heavy atom. The maximum atomic E-state index is 13.5. The van der Waals surface area contributed by atoms with Gasteiger partial charge in [0.2, 0.25) is 0 Å². The monoisotopic (exact) mass is 319 g/mol. The highest BCUT2D eigenvalue weighted by Gasteiger charge is 2.34. The Morgan fingerprint density at radius 2 is 1.74 bits per heavy atom. The highest BCUT2D eigenvalue weighted by atomic mass is 19.4. The molecule has 0 radical (unpaired) electrons. The van der Waals surface area contributed by atoms with Gasteiger partial charge < -0.3 is 0 Å². The van der Waals surface area contributed by atoms with Crippen molar-refractivity contribution >= 4 is 11.4 Å². The lowest BCUT2D eigenvalue weighted by molar-refractivity contribution is -0.137. The van der Waals surface area contributed by atoms with Gasteiger partial charge in [0.15, 0.2) is 0 Å². The summed E-state index contributed by atoms with van der Waals surface area (Å²) in [4.78, 5) is 4.37. The first-order valence-electron chi connectivity index (χ1n) is 7.64. The van der Waals surface area contributed by atoms with E-state index in [0.717, 1.165) is 30.2 Å². The zero-order chi connectivity index (χ0) is 17.0. The van der Waals surface area contributed by atoms with Crippen molar-refractivity contribution in [3.05, 3.63) is 53.6 Å². The Labute approximate surface area is 134 Å². The molecule has 4 heteroatoms. The predicted molar refractivity (Wildman–Crippen MR) is 89.3 cm³/mol. The van der Waals surface area contributed by atoms with Crippen LogP contribution in [0.4, 0.5) is 18.9 Å². The summed E-state index contributed by atoms with van der Waals surface area (Å²) >= 11 is 0. The molecule has 23 heavy (non-hydrogen) atoms. The molecule has 0 fully saturated rings. The lowest BCUT2D eigenvalue weighted by Crippen LogP contribution is -2.07. The van der Waals surface area contributed by atoms with E-state index in [-0.39, 0.29) is 5.56 Å². The summed E-state index contributed by atoms with van der Waals surface area (Å²) < 4.78 is 40.4. The van der Waals surface area contributed by atoms with Crippen LogP contribution in [0.3, 0.4) is 0 Å². The molecule has 0 aliphatic rings. The summed E-state index contributed by atoms with van der Waals surface area (Å²) in [6, 6.07) is 11.4. The van der Waals surface area contributed by atoms with Gasteiger partial charge in [-0.3, -0.25) is 4.99 Å². The van der Waals surface area contributed by atoms with Crippen molar-refractivity contribution in [2.45, 2.75) is 39.8 Å². The number of halogens is 3. The van der Waals surface area contributed by atoms with Gasteiger partial charge in [-0.25, -0.2) is 0 Å². The fraction of sp³-hybridized carbons (Fsp3) is 0.316. The van der Waals surface area contributed by atoms with Gasteiger partial charge >= 0.3 is 6.18 Å². The third-order valence-corrected chi connectivity index (χ3v) is 3.65. The minimum atomic E-state index is -4.41. The molecule has 1 nitrogen and oxygen atoms in total. The van der Waals surface area contributed by atoms with Crippen molar-refractivity contribution in [3.63, 3.8) is 0 Å². The molecule has 0 atom stereocenters. The highest BCUT2D eigenvalue weighted by Crippen LogP contribution is 2.40. The average Bonchev–Trinajstić information content (AvgIpc) is 2.49. The van der Waals surface area contributed by atoms with E-state index in [0.29, 0.717) is 11.3 Å². The van der Waals surface area contributed by atoms with Crippen molar-refractivity contribution < 1.29 is 13.2 Å². The van der Waals surface area contributed by atoms with Crippen molar-refractivity contribution in [2.75, 3.05) is 0 Å². The zero-order valence-electron chi connectivity index (χ0n) is 13.5. The number of nitrogens with zero attached hydrogens (tertiary/aromatic N) is 1. The molecule has 0 unspecified atom stereocenters. The van der Waals surface area contributed by atoms with Crippen molar-refractivity contribution in [1.82, 2.24) is 0 Å². The lowest BCUT2D eigenvalue weighted by atomic mass is 9.96. The Morgan fingerprint density at radius 1 is 1.09 bits per heavy atom. The third-order valence-electron chi connectivity index (χ3n) is 3.65. The molecule has 0 spiro atoms.